The second kappa shape index (κ2) is 9.18. The summed E-state index contributed by atoms with van der Waals surface area (Å²) >= 11 is 7.45. The summed E-state index contributed by atoms with van der Waals surface area (Å²) in [5.74, 6) is 0.477. The van der Waals surface area contributed by atoms with Crippen LogP contribution in [0.25, 0.3) is 0 Å². The molecule has 0 spiro atoms. The van der Waals surface area contributed by atoms with Gasteiger partial charge in [-0.1, -0.05) is 18.5 Å². The van der Waals surface area contributed by atoms with Crippen molar-refractivity contribution in [3.8, 4) is 5.75 Å². The fourth-order valence-corrected chi connectivity index (χ4v) is 5.09. The minimum Gasteiger partial charge on any atom is -0.481 e. The summed E-state index contributed by atoms with van der Waals surface area (Å²) in [7, 11) is 0. The summed E-state index contributed by atoms with van der Waals surface area (Å²) in [6.07, 6.45) is 2.03. The second-order valence-corrected chi connectivity index (χ2v) is 8.98. The van der Waals surface area contributed by atoms with E-state index in [-0.39, 0.29) is 11.9 Å². The first-order valence-electron chi connectivity index (χ1n) is 9.85. The molecule has 2 atom stereocenters. The van der Waals surface area contributed by atoms with Gasteiger partial charge < -0.3 is 14.8 Å². The minimum absolute atomic E-state index is 0.294. The van der Waals surface area contributed by atoms with Crippen LogP contribution >= 0.6 is 22.9 Å². The van der Waals surface area contributed by atoms with Crippen molar-refractivity contribution in [2.75, 3.05) is 11.9 Å². The van der Waals surface area contributed by atoms with Gasteiger partial charge in [-0.2, -0.15) is 0 Å². The molecule has 1 aromatic carbocycles. The van der Waals surface area contributed by atoms with Crippen molar-refractivity contribution in [1.29, 1.82) is 0 Å². The van der Waals surface area contributed by atoms with Gasteiger partial charge in [-0.15, -0.1) is 11.3 Å². The van der Waals surface area contributed by atoms with Crippen LogP contribution in [-0.4, -0.2) is 24.6 Å². The Kier molecular flexibility index (Phi) is 6.85. The molecule has 1 aromatic heterocycles. The Bertz CT molecular complexity index is 924. The lowest BCUT2D eigenvalue weighted by Crippen LogP contribution is -2.30. The number of aryl methyl sites for hydroxylation is 1. The lowest BCUT2D eigenvalue weighted by molar-refractivity contribution is -0.122. The molecule has 1 aliphatic rings. The number of hydrogen-bond donors (Lipinski definition) is 1. The SMILES string of the molecule is CCOC(=O)c1c(NC(=O)C(C)Oc2ccc(Cl)cc2C)sc2c1CCC(C)C2. The third kappa shape index (κ3) is 4.93. The van der Waals surface area contributed by atoms with E-state index in [2.05, 4.69) is 12.2 Å². The van der Waals surface area contributed by atoms with E-state index >= 15 is 0 Å². The number of amides is 1. The standard InChI is InChI=1S/C22H26ClNO4S/c1-5-27-22(26)19-16-8-6-12(2)10-18(16)29-21(19)24-20(25)14(4)28-17-9-7-15(23)11-13(17)3/h7,9,11-12,14H,5-6,8,10H2,1-4H3,(H,24,25). The molecule has 1 heterocycles. The lowest BCUT2D eigenvalue weighted by atomic mass is 9.88. The van der Waals surface area contributed by atoms with E-state index in [0.717, 1.165) is 35.3 Å². The summed E-state index contributed by atoms with van der Waals surface area (Å²) in [6.45, 7) is 7.83. The minimum atomic E-state index is -0.733. The van der Waals surface area contributed by atoms with Gasteiger partial charge in [0.15, 0.2) is 6.10 Å². The molecule has 2 aromatic rings. The monoisotopic (exact) mass is 435 g/mol. The molecule has 0 fully saturated rings. The van der Waals surface area contributed by atoms with E-state index in [0.29, 0.717) is 33.9 Å². The number of thiophene rings is 1. The Morgan fingerprint density at radius 2 is 2.14 bits per heavy atom. The number of ether oxygens (including phenoxy) is 2. The Morgan fingerprint density at radius 3 is 2.83 bits per heavy atom. The number of nitrogens with one attached hydrogen (secondary N) is 1. The third-order valence-electron chi connectivity index (χ3n) is 5.04. The molecule has 0 saturated heterocycles. The van der Waals surface area contributed by atoms with Crippen LogP contribution in [0.1, 0.15) is 53.6 Å². The zero-order valence-corrected chi connectivity index (χ0v) is 18.7. The molecule has 1 N–H and O–H groups in total. The number of rotatable bonds is 6. The molecule has 7 heteroatoms. The number of halogens is 1. The molecule has 3 rings (SSSR count). The predicted octanol–water partition coefficient (Wildman–Crippen LogP) is 5.42. The molecule has 5 nitrogen and oxygen atoms in total. The Balaban J connectivity index is 1.81. The Morgan fingerprint density at radius 1 is 1.38 bits per heavy atom. The van der Waals surface area contributed by atoms with Crippen LogP contribution in [0.15, 0.2) is 18.2 Å². The van der Waals surface area contributed by atoms with Gasteiger partial charge in [0.1, 0.15) is 10.8 Å². The summed E-state index contributed by atoms with van der Waals surface area (Å²) in [5.41, 5.74) is 2.37. The van der Waals surface area contributed by atoms with Crippen LogP contribution in [0.5, 0.6) is 5.75 Å². The third-order valence-corrected chi connectivity index (χ3v) is 6.44. The van der Waals surface area contributed by atoms with Gasteiger partial charge in [-0.25, -0.2) is 4.79 Å². The summed E-state index contributed by atoms with van der Waals surface area (Å²) in [6, 6.07) is 5.26. The van der Waals surface area contributed by atoms with Gasteiger partial charge >= 0.3 is 5.97 Å². The highest BCUT2D eigenvalue weighted by atomic mass is 35.5. The van der Waals surface area contributed by atoms with Crippen molar-refractivity contribution < 1.29 is 19.1 Å². The maximum atomic E-state index is 12.8. The second-order valence-electron chi connectivity index (χ2n) is 7.44. The van der Waals surface area contributed by atoms with Gasteiger partial charge in [0.25, 0.3) is 5.91 Å². The topological polar surface area (TPSA) is 64.6 Å². The van der Waals surface area contributed by atoms with Gasteiger partial charge in [0, 0.05) is 9.90 Å². The first-order chi connectivity index (χ1) is 13.8. The maximum Gasteiger partial charge on any atom is 0.341 e. The number of benzene rings is 1. The van der Waals surface area contributed by atoms with Crippen LogP contribution < -0.4 is 10.1 Å². The highest BCUT2D eigenvalue weighted by Crippen LogP contribution is 2.40. The first-order valence-corrected chi connectivity index (χ1v) is 11.0. The van der Waals surface area contributed by atoms with Crippen LogP contribution in [0.2, 0.25) is 5.02 Å². The fourth-order valence-electron chi connectivity index (χ4n) is 3.46. The zero-order valence-electron chi connectivity index (χ0n) is 17.1. The van der Waals surface area contributed by atoms with Crippen LogP contribution in [0.3, 0.4) is 0 Å². The molecule has 0 bridgehead atoms. The van der Waals surface area contributed by atoms with Crippen molar-refractivity contribution in [2.45, 2.75) is 53.1 Å². The first kappa shape index (κ1) is 21.7. The highest BCUT2D eigenvalue weighted by molar-refractivity contribution is 7.17. The van der Waals surface area contributed by atoms with E-state index < -0.39 is 6.10 Å². The number of anilines is 1. The molecule has 156 valence electrons. The molecule has 1 aliphatic carbocycles. The zero-order chi connectivity index (χ0) is 21.1. The normalized spacial score (nSPS) is 16.7. The van der Waals surface area contributed by atoms with E-state index in [1.54, 1.807) is 32.0 Å². The van der Waals surface area contributed by atoms with Crippen molar-refractivity contribution >= 4 is 39.8 Å². The smallest absolute Gasteiger partial charge is 0.341 e. The number of carbonyl (C=O) groups is 2. The van der Waals surface area contributed by atoms with Crippen LogP contribution in [0, 0.1) is 12.8 Å². The van der Waals surface area contributed by atoms with Gasteiger partial charge in [-0.3, -0.25) is 4.79 Å². The molecule has 0 saturated carbocycles. The predicted molar refractivity (Wildman–Crippen MR) is 116 cm³/mol. The van der Waals surface area contributed by atoms with Gasteiger partial charge in [-0.05, 0) is 75.3 Å². The number of esters is 1. The summed E-state index contributed by atoms with van der Waals surface area (Å²) in [5, 5.41) is 4.07. The average molecular weight is 436 g/mol. The van der Waals surface area contributed by atoms with Crippen LogP contribution in [-0.2, 0) is 22.4 Å². The van der Waals surface area contributed by atoms with Crippen molar-refractivity contribution in [2.24, 2.45) is 5.92 Å². The number of carbonyl (C=O) groups excluding carboxylic acids is 2. The fraction of sp³-hybridized carbons (Fsp3) is 0.455. The molecule has 0 aliphatic heterocycles. The average Bonchev–Trinajstić information content (AvgIpc) is 3.00. The molecule has 29 heavy (non-hydrogen) atoms. The van der Waals surface area contributed by atoms with Crippen molar-refractivity contribution in [1.82, 2.24) is 0 Å². The molecule has 2 unspecified atom stereocenters. The molecular formula is C22H26ClNO4S. The van der Waals surface area contributed by atoms with Crippen molar-refractivity contribution in [3.05, 3.63) is 44.8 Å². The molecule has 1 amide bonds. The van der Waals surface area contributed by atoms with E-state index in [1.807, 2.05) is 6.92 Å². The van der Waals surface area contributed by atoms with Crippen molar-refractivity contribution in [3.63, 3.8) is 0 Å². The molecule has 0 radical (unpaired) electrons. The summed E-state index contributed by atoms with van der Waals surface area (Å²) in [4.78, 5) is 26.5. The van der Waals surface area contributed by atoms with E-state index in [1.165, 1.54) is 11.3 Å². The maximum absolute atomic E-state index is 12.8. The summed E-state index contributed by atoms with van der Waals surface area (Å²) < 4.78 is 11.1. The van der Waals surface area contributed by atoms with E-state index in [4.69, 9.17) is 21.1 Å². The number of fused-ring (bicyclic) bond motifs is 1. The highest BCUT2D eigenvalue weighted by Gasteiger charge is 2.30. The van der Waals surface area contributed by atoms with Gasteiger partial charge in [0.05, 0.1) is 12.2 Å². The largest absolute Gasteiger partial charge is 0.481 e. The van der Waals surface area contributed by atoms with Crippen LogP contribution in [0.4, 0.5) is 5.00 Å². The Labute approximate surface area is 180 Å². The van der Waals surface area contributed by atoms with Gasteiger partial charge in [0.2, 0.25) is 0 Å². The number of hydrogen-bond acceptors (Lipinski definition) is 5. The van der Waals surface area contributed by atoms with E-state index in [9.17, 15) is 9.59 Å². The molecular weight excluding hydrogens is 410 g/mol. The quantitative estimate of drug-likeness (QED) is 0.615. The lowest BCUT2D eigenvalue weighted by Gasteiger charge is -2.18. The Hall–Kier alpha value is -2.05.